The molecule has 6 unspecified atom stereocenters. The maximum absolute atomic E-state index is 12.5. The van der Waals surface area contributed by atoms with Crippen LogP contribution in [0.25, 0.3) is 0 Å². The first-order valence-electron chi connectivity index (χ1n) is 7.84. The second-order valence-corrected chi connectivity index (χ2v) is 7.71. The normalized spacial score (nSPS) is 57.9. The molecule has 1 N–H and O–H groups in total. The van der Waals surface area contributed by atoms with Crippen molar-refractivity contribution in [2.24, 2.45) is 16.7 Å². The highest BCUT2D eigenvalue weighted by molar-refractivity contribution is 5.87. The number of fused-ring (bicyclic) bond motifs is 2. The molecule has 2 saturated carbocycles. The fraction of sp³-hybridized carbons (Fsp3) is 0.750. The number of aliphatic hydroxyl groups is 1. The topological polar surface area (TPSA) is 85.4 Å². The van der Waals surface area contributed by atoms with Crippen LogP contribution in [0.1, 0.15) is 33.1 Å². The van der Waals surface area contributed by atoms with Crippen molar-refractivity contribution in [2.45, 2.75) is 57.2 Å². The summed E-state index contributed by atoms with van der Waals surface area (Å²) in [6, 6.07) is 0. The molecule has 3 aliphatic heterocycles. The summed E-state index contributed by atoms with van der Waals surface area (Å²) >= 11 is 0. The van der Waals surface area contributed by atoms with E-state index in [0.717, 1.165) is 24.8 Å². The van der Waals surface area contributed by atoms with E-state index in [1.807, 2.05) is 6.92 Å². The highest BCUT2D eigenvalue weighted by Crippen LogP contribution is 2.72. The fourth-order valence-electron chi connectivity index (χ4n) is 5.77. The molecule has 0 amide bonds. The zero-order chi connectivity index (χ0) is 15.5. The standard InChI is InChI=1S/C16H18O6/c1-14-4-3-5-15(2)10(14)9(21-12(15)18)11-16(22-11)7(14)6-8(17)20-13(16)19/h6,9-11,13,19H,3-5H2,1-2H3/t9?,10?,11?,13?,14-,15?,16?/m1/s1. The van der Waals surface area contributed by atoms with Crippen molar-refractivity contribution in [2.75, 3.05) is 0 Å². The molecule has 22 heavy (non-hydrogen) atoms. The van der Waals surface area contributed by atoms with E-state index in [0.29, 0.717) is 0 Å². The Morgan fingerprint density at radius 2 is 1.91 bits per heavy atom. The summed E-state index contributed by atoms with van der Waals surface area (Å²) < 4.78 is 16.5. The number of hydrogen-bond donors (Lipinski definition) is 1. The highest BCUT2D eigenvalue weighted by Gasteiger charge is 2.83. The molecule has 2 saturated heterocycles. The van der Waals surface area contributed by atoms with Crippen molar-refractivity contribution in [1.29, 1.82) is 0 Å². The maximum Gasteiger partial charge on any atom is 0.333 e. The first kappa shape index (κ1) is 13.1. The number of carbonyl (C=O) groups is 2. The number of rotatable bonds is 0. The number of epoxide rings is 1. The molecule has 0 aromatic carbocycles. The number of esters is 2. The summed E-state index contributed by atoms with van der Waals surface area (Å²) in [6.07, 6.45) is 1.89. The Morgan fingerprint density at radius 3 is 2.68 bits per heavy atom. The zero-order valence-corrected chi connectivity index (χ0v) is 12.5. The zero-order valence-electron chi connectivity index (χ0n) is 12.5. The number of aliphatic hydroxyl groups excluding tert-OH is 1. The van der Waals surface area contributed by atoms with E-state index in [-0.39, 0.29) is 18.0 Å². The number of cyclic esters (lactones) is 1. The number of carbonyl (C=O) groups excluding carboxylic acids is 2. The second kappa shape index (κ2) is 3.41. The van der Waals surface area contributed by atoms with Gasteiger partial charge < -0.3 is 19.3 Å². The third-order valence-electron chi connectivity index (χ3n) is 6.68. The maximum atomic E-state index is 12.5. The lowest BCUT2D eigenvalue weighted by Gasteiger charge is -2.53. The smallest absolute Gasteiger partial charge is 0.333 e. The van der Waals surface area contributed by atoms with Crippen LogP contribution >= 0.6 is 0 Å². The molecule has 118 valence electrons. The lowest BCUT2D eigenvalue weighted by molar-refractivity contribution is -0.179. The van der Waals surface area contributed by atoms with Gasteiger partial charge in [0.25, 0.3) is 0 Å². The third kappa shape index (κ3) is 1.12. The third-order valence-corrected chi connectivity index (χ3v) is 6.68. The molecule has 0 aromatic heterocycles. The second-order valence-electron chi connectivity index (χ2n) is 7.71. The Balaban J connectivity index is 1.75. The van der Waals surface area contributed by atoms with Gasteiger partial charge in [0, 0.05) is 12.0 Å². The van der Waals surface area contributed by atoms with E-state index < -0.39 is 34.8 Å². The molecular formula is C16H18O6. The molecule has 2 aliphatic carbocycles. The van der Waals surface area contributed by atoms with Crippen molar-refractivity contribution in [1.82, 2.24) is 0 Å². The van der Waals surface area contributed by atoms with Crippen LogP contribution in [0.5, 0.6) is 0 Å². The molecule has 0 bridgehead atoms. The predicted octanol–water partition coefficient (Wildman–Crippen LogP) is 0.677. The van der Waals surface area contributed by atoms with Crippen molar-refractivity contribution >= 4 is 11.9 Å². The summed E-state index contributed by atoms with van der Waals surface area (Å²) in [4.78, 5) is 24.3. The Morgan fingerprint density at radius 1 is 1.18 bits per heavy atom. The first-order valence-corrected chi connectivity index (χ1v) is 7.84. The average molecular weight is 306 g/mol. The molecule has 6 nitrogen and oxygen atoms in total. The van der Waals surface area contributed by atoms with E-state index in [1.54, 1.807) is 0 Å². The van der Waals surface area contributed by atoms with E-state index in [2.05, 4.69) is 6.92 Å². The SMILES string of the molecule is CC12CCC[C@]3(C)C4=CC(=O)OC(O)C45OC5C(OC1=O)C23. The summed E-state index contributed by atoms with van der Waals surface area (Å²) in [7, 11) is 0. The van der Waals surface area contributed by atoms with Crippen LogP contribution in [0.4, 0.5) is 0 Å². The molecule has 0 radical (unpaired) electrons. The van der Waals surface area contributed by atoms with Crippen molar-refractivity contribution < 1.29 is 28.9 Å². The van der Waals surface area contributed by atoms with Gasteiger partial charge >= 0.3 is 11.9 Å². The highest BCUT2D eigenvalue weighted by atomic mass is 16.7. The van der Waals surface area contributed by atoms with Gasteiger partial charge in [0.2, 0.25) is 6.29 Å². The molecule has 4 fully saturated rings. The summed E-state index contributed by atoms with van der Waals surface area (Å²) in [5.74, 6) is -0.745. The first-order chi connectivity index (χ1) is 10.3. The van der Waals surface area contributed by atoms with Crippen molar-refractivity contribution in [3.8, 4) is 0 Å². The summed E-state index contributed by atoms with van der Waals surface area (Å²) in [5.41, 5.74) is -1.15. The van der Waals surface area contributed by atoms with Crippen molar-refractivity contribution in [3.63, 3.8) is 0 Å². The van der Waals surface area contributed by atoms with Crippen LogP contribution in [-0.2, 0) is 23.8 Å². The molecule has 7 atom stereocenters. The molecule has 5 rings (SSSR count). The molecule has 0 aromatic rings. The minimum absolute atomic E-state index is 0.0220. The molecule has 6 heteroatoms. The lowest BCUT2D eigenvalue weighted by Crippen LogP contribution is -2.59. The monoisotopic (exact) mass is 306 g/mol. The van der Waals surface area contributed by atoms with Gasteiger partial charge in [0.05, 0.1) is 5.41 Å². The van der Waals surface area contributed by atoms with Gasteiger partial charge in [0.15, 0.2) is 5.60 Å². The lowest BCUT2D eigenvalue weighted by atomic mass is 9.48. The van der Waals surface area contributed by atoms with Crippen LogP contribution in [0.3, 0.4) is 0 Å². The average Bonchev–Trinajstić information content (AvgIpc) is 3.11. The van der Waals surface area contributed by atoms with Crippen LogP contribution in [0.15, 0.2) is 11.6 Å². The molecule has 3 heterocycles. The Labute approximate surface area is 127 Å². The van der Waals surface area contributed by atoms with Crippen LogP contribution in [0, 0.1) is 16.7 Å². The number of ether oxygens (including phenoxy) is 3. The van der Waals surface area contributed by atoms with E-state index in [1.165, 1.54) is 6.08 Å². The van der Waals surface area contributed by atoms with Crippen LogP contribution in [0.2, 0.25) is 0 Å². The Hall–Kier alpha value is -1.40. The quantitative estimate of drug-likeness (QED) is 0.523. The molecular weight excluding hydrogens is 288 g/mol. The minimum atomic E-state index is -1.32. The van der Waals surface area contributed by atoms with Crippen LogP contribution < -0.4 is 0 Å². The largest absolute Gasteiger partial charge is 0.459 e. The van der Waals surface area contributed by atoms with Gasteiger partial charge in [0.1, 0.15) is 12.2 Å². The van der Waals surface area contributed by atoms with Gasteiger partial charge in [-0.2, -0.15) is 0 Å². The Kier molecular flexibility index (Phi) is 2.03. The van der Waals surface area contributed by atoms with Gasteiger partial charge in [-0.15, -0.1) is 0 Å². The molecule has 1 spiro atoms. The Bertz CT molecular complexity index is 655. The summed E-state index contributed by atoms with van der Waals surface area (Å²) in [6.45, 7) is 4.03. The van der Waals surface area contributed by atoms with Crippen molar-refractivity contribution in [3.05, 3.63) is 11.6 Å². The van der Waals surface area contributed by atoms with E-state index in [4.69, 9.17) is 14.2 Å². The van der Waals surface area contributed by atoms with Gasteiger partial charge in [-0.3, -0.25) is 4.79 Å². The van der Waals surface area contributed by atoms with Gasteiger partial charge in [-0.25, -0.2) is 4.79 Å². The van der Waals surface area contributed by atoms with E-state index >= 15 is 0 Å². The minimum Gasteiger partial charge on any atom is -0.459 e. The van der Waals surface area contributed by atoms with Crippen LogP contribution in [-0.4, -0.2) is 41.1 Å². The summed E-state index contributed by atoms with van der Waals surface area (Å²) in [5, 5.41) is 10.3. The molecule has 5 aliphatic rings. The number of hydrogen-bond acceptors (Lipinski definition) is 6. The fourth-order valence-corrected chi connectivity index (χ4v) is 5.77. The van der Waals surface area contributed by atoms with Gasteiger partial charge in [-0.05, 0) is 30.8 Å². The van der Waals surface area contributed by atoms with Gasteiger partial charge in [-0.1, -0.05) is 13.3 Å². The predicted molar refractivity (Wildman–Crippen MR) is 71.2 cm³/mol. The van der Waals surface area contributed by atoms with E-state index in [9.17, 15) is 14.7 Å².